The third kappa shape index (κ3) is 2.63. The van der Waals surface area contributed by atoms with Crippen LogP contribution in [-0.4, -0.2) is 27.8 Å². The lowest BCUT2D eigenvalue weighted by Crippen LogP contribution is -2.43. The van der Waals surface area contributed by atoms with Crippen molar-refractivity contribution in [3.63, 3.8) is 0 Å². The number of nitrogens with zero attached hydrogens (tertiary/aromatic N) is 1. The van der Waals surface area contributed by atoms with E-state index in [1.165, 1.54) is 0 Å². The minimum Gasteiger partial charge on any atom is -0.361 e. The van der Waals surface area contributed by atoms with E-state index < -0.39 is 17.7 Å². The second kappa shape index (κ2) is 4.34. The molecule has 1 aliphatic rings. The van der Waals surface area contributed by atoms with Crippen LogP contribution in [0.25, 0.3) is 0 Å². The number of halogens is 3. The number of hydrogen-bond donors (Lipinski definition) is 1. The molecule has 0 saturated carbocycles. The zero-order valence-electron chi connectivity index (χ0n) is 8.74. The Balaban J connectivity index is 2.13. The number of rotatable bonds is 2. The number of aliphatic imine (C=N–C) groups is 1. The summed E-state index contributed by atoms with van der Waals surface area (Å²) in [5, 5.41) is 9.66. The van der Waals surface area contributed by atoms with Crippen molar-refractivity contribution in [1.29, 1.82) is 0 Å². The molecule has 1 aromatic rings. The first-order valence-electron chi connectivity index (χ1n) is 4.95. The minimum absolute atomic E-state index is 0.316. The summed E-state index contributed by atoms with van der Waals surface area (Å²) in [5.41, 5.74) is -2.04. The molecule has 6 heteroatoms. The fraction of sp³-hybridized carbons (Fsp3) is 0.364. The zero-order valence-corrected chi connectivity index (χ0v) is 9.55. The first-order valence-corrected chi connectivity index (χ1v) is 5.94. The standard InChI is InChI=1S/C11H10F3NOS/c12-11(13,14)10(16)7-17-9(15-10)6-8-4-2-1-3-5-8/h1-5,16H,6-7H2/t10-/m1/s1. The van der Waals surface area contributed by atoms with Crippen molar-refractivity contribution < 1.29 is 18.3 Å². The van der Waals surface area contributed by atoms with Crippen LogP contribution >= 0.6 is 11.8 Å². The molecule has 0 radical (unpaired) electrons. The fourth-order valence-corrected chi connectivity index (χ4v) is 2.54. The average molecular weight is 261 g/mol. The van der Waals surface area contributed by atoms with Gasteiger partial charge in [0.05, 0.1) is 10.8 Å². The quantitative estimate of drug-likeness (QED) is 0.887. The van der Waals surface area contributed by atoms with E-state index in [9.17, 15) is 18.3 Å². The molecule has 0 unspecified atom stereocenters. The Hall–Kier alpha value is -1.01. The van der Waals surface area contributed by atoms with Gasteiger partial charge < -0.3 is 5.11 Å². The van der Waals surface area contributed by atoms with Gasteiger partial charge in [-0.1, -0.05) is 30.3 Å². The Kier molecular flexibility index (Phi) is 3.18. The average Bonchev–Trinajstić information content (AvgIpc) is 2.62. The summed E-state index contributed by atoms with van der Waals surface area (Å²) >= 11 is 0.951. The first-order chi connectivity index (χ1) is 7.91. The van der Waals surface area contributed by atoms with Crippen molar-refractivity contribution in [2.75, 3.05) is 5.75 Å². The summed E-state index contributed by atoms with van der Waals surface area (Å²) in [5.74, 6) is -0.460. The van der Waals surface area contributed by atoms with Crippen LogP contribution in [0.1, 0.15) is 5.56 Å². The molecule has 0 spiro atoms. The molecule has 0 bridgehead atoms. The molecular formula is C11H10F3NOS. The Morgan fingerprint density at radius 3 is 2.47 bits per heavy atom. The van der Waals surface area contributed by atoms with Gasteiger partial charge in [0.15, 0.2) is 0 Å². The number of thioether (sulfide) groups is 1. The number of benzene rings is 1. The summed E-state index contributed by atoms with van der Waals surface area (Å²) in [6.07, 6.45) is -4.39. The second-order valence-electron chi connectivity index (χ2n) is 3.77. The van der Waals surface area contributed by atoms with Gasteiger partial charge in [-0.15, -0.1) is 11.8 Å². The molecular weight excluding hydrogens is 251 g/mol. The highest BCUT2D eigenvalue weighted by Gasteiger charge is 2.56. The maximum Gasteiger partial charge on any atom is 0.439 e. The van der Waals surface area contributed by atoms with E-state index in [1.807, 2.05) is 30.3 Å². The minimum atomic E-state index is -4.71. The van der Waals surface area contributed by atoms with Gasteiger partial charge in [-0.25, -0.2) is 4.99 Å². The van der Waals surface area contributed by atoms with E-state index in [1.54, 1.807) is 0 Å². The molecule has 2 rings (SSSR count). The molecule has 1 aliphatic heterocycles. The highest BCUT2D eigenvalue weighted by atomic mass is 32.2. The van der Waals surface area contributed by atoms with E-state index in [-0.39, 0.29) is 0 Å². The Bertz CT molecular complexity index is 432. The summed E-state index contributed by atoms with van der Waals surface area (Å²) in [4.78, 5) is 3.40. The summed E-state index contributed by atoms with van der Waals surface area (Å²) in [7, 11) is 0. The third-order valence-electron chi connectivity index (χ3n) is 2.40. The molecule has 1 N–H and O–H groups in total. The van der Waals surface area contributed by atoms with Gasteiger partial charge in [0.2, 0.25) is 0 Å². The van der Waals surface area contributed by atoms with Crippen LogP contribution in [-0.2, 0) is 6.42 Å². The highest BCUT2D eigenvalue weighted by Crippen LogP contribution is 2.39. The third-order valence-corrected chi connectivity index (χ3v) is 3.52. The van der Waals surface area contributed by atoms with Crippen LogP contribution in [0, 0.1) is 0 Å². The van der Waals surface area contributed by atoms with E-state index >= 15 is 0 Å². The van der Waals surface area contributed by atoms with Crippen molar-refractivity contribution in [1.82, 2.24) is 0 Å². The van der Waals surface area contributed by atoms with E-state index in [2.05, 4.69) is 4.99 Å². The molecule has 0 aliphatic carbocycles. The van der Waals surface area contributed by atoms with Crippen LogP contribution in [0.2, 0.25) is 0 Å². The van der Waals surface area contributed by atoms with Crippen LogP contribution < -0.4 is 0 Å². The maximum absolute atomic E-state index is 12.5. The molecule has 0 fully saturated rings. The van der Waals surface area contributed by atoms with Gasteiger partial charge in [-0.2, -0.15) is 13.2 Å². The summed E-state index contributed by atoms with van der Waals surface area (Å²) < 4.78 is 37.5. The lowest BCUT2D eigenvalue weighted by molar-refractivity contribution is -0.245. The molecule has 92 valence electrons. The Morgan fingerprint density at radius 2 is 1.94 bits per heavy atom. The number of hydrogen-bond acceptors (Lipinski definition) is 3. The largest absolute Gasteiger partial charge is 0.439 e. The molecule has 1 atom stereocenters. The molecule has 1 aromatic carbocycles. The highest BCUT2D eigenvalue weighted by molar-refractivity contribution is 8.14. The monoisotopic (exact) mass is 261 g/mol. The van der Waals surface area contributed by atoms with Gasteiger partial charge >= 0.3 is 6.18 Å². The topological polar surface area (TPSA) is 32.6 Å². The smallest absolute Gasteiger partial charge is 0.361 e. The van der Waals surface area contributed by atoms with Crippen molar-refractivity contribution in [2.45, 2.75) is 18.3 Å². The van der Waals surface area contributed by atoms with Crippen molar-refractivity contribution in [2.24, 2.45) is 4.99 Å². The van der Waals surface area contributed by atoms with Crippen LogP contribution in [0.4, 0.5) is 13.2 Å². The van der Waals surface area contributed by atoms with Crippen molar-refractivity contribution in [3.8, 4) is 0 Å². The predicted molar refractivity (Wildman–Crippen MR) is 61.0 cm³/mol. The molecule has 1 heterocycles. The van der Waals surface area contributed by atoms with Crippen LogP contribution in [0.15, 0.2) is 35.3 Å². The lowest BCUT2D eigenvalue weighted by atomic mass is 10.2. The van der Waals surface area contributed by atoms with Crippen LogP contribution in [0.5, 0.6) is 0 Å². The summed E-state index contributed by atoms with van der Waals surface area (Å²) in [6.45, 7) is 0. The van der Waals surface area contributed by atoms with E-state index in [0.29, 0.717) is 11.5 Å². The SMILES string of the molecule is O[C@@]1(C(F)(F)F)CSC(Cc2ccccc2)=N1. The lowest BCUT2D eigenvalue weighted by Gasteiger charge is -2.21. The first kappa shape index (κ1) is 12.4. The van der Waals surface area contributed by atoms with Crippen LogP contribution in [0.3, 0.4) is 0 Å². The van der Waals surface area contributed by atoms with E-state index in [4.69, 9.17) is 0 Å². The van der Waals surface area contributed by atoms with Gasteiger partial charge in [0.1, 0.15) is 0 Å². The molecule has 0 aromatic heterocycles. The predicted octanol–water partition coefficient (Wildman–Crippen LogP) is 2.63. The second-order valence-corrected chi connectivity index (χ2v) is 4.82. The van der Waals surface area contributed by atoms with Gasteiger partial charge in [-0.05, 0) is 5.56 Å². The molecule has 0 saturated heterocycles. The molecule has 2 nitrogen and oxygen atoms in total. The number of alkyl halides is 3. The van der Waals surface area contributed by atoms with Crippen molar-refractivity contribution in [3.05, 3.63) is 35.9 Å². The number of aliphatic hydroxyl groups is 1. The molecule has 17 heavy (non-hydrogen) atoms. The van der Waals surface area contributed by atoms with Gasteiger partial charge in [0.25, 0.3) is 5.72 Å². The van der Waals surface area contributed by atoms with Gasteiger partial charge in [-0.3, -0.25) is 0 Å². The summed E-state index contributed by atoms with van der Waals surface area (Å²) in [6, 6.07) is 9.08. The van der Waals surface area contributed by atoms with Gasteiger partial charge in [0, 0.05) is 6.42 Å². The Labute approximate surface area is 101 Å². The fourth-order valence-electron chi connectivity index (χ4n) is 1.46. The van der Waals surface area contributed by atoms with E-state index in [0.717, 1.165) is 17.3 Å². The normalized spacial score (nSPS) is 24.8. The molecule has 0 amide bonds. The van der Waals surface area contributed by atoms with Crippen molar-refractivity contribution >= 4 is 16.8 Å². The Morgan fingerprint density at radius 1 is 1.29 bits per heavy atom. The maximum atomic E-state index is 12.5. The zero-order chi connectivity index (χ0) is 12.5.